The molecular formula is C20H18FN3O3. The van der Waals surface area contributed by atoms with E-state index in [0.717, 1.165) is 0 Å². The number of nitrogens with zero attached hydrogens (tertiary/aromatic N) is 3. The van der Waals surface area contributed by atoms with Crippen LogP contribution >= 0.6 is 0 Å². The molecule has 1 fully saturated rings. The van der Waals surface area contributed by atoms with Crippen LogP contribution < -0.4 is 14.4 Å². The van der Waals surface area contributed by atoms with E-state index in [-0.39, 0.29) is 18.1 Å². The number of anilines is 1. The predicted octanol–water partition coefficient (Wildman–Crippen LogP) is 2.19. The van der Waals surface area contributed by atoms with E-state index in [2.05, 4.69) is 0 Å². The van der Waals surface area contributed by atoms with E-state index >= 15 is 0 Å². The molecule has 7 heteroatoms. The first-order valence-electron chi connectivity index (χ1n) is 8.78. The van der Waals surface area contributed by atoms with E-state index in [1.165, 1.54) is 6.07 Å². The molecule has 0 aromatic heterocycles. The second kappa shape index (κ2) is 7.16. The topological polar surface area (TPSA) is 65.8 Å². The van der Waals surface area contributed by atoms with Gasteiger partial charge in [-0.25, -0.2) is 4.39 Å². The van der Waals surface area contributed by atoms with E-state index in [0.29, 0.717) is 43.4 Å². The van der Waals surface area contributed by atoms with Gasteiger partial charge < -0.3 is 19.3 Å². The van der Waals surface area contributed by atoms with E-state index in [1.54, 1.807) is 29.2 Å². The number of hydrogen-bond donors (Lipinski definition) is 0. The summed E-state index contributed by atoms with van der Waals surface area (Å²) < 4.78 is 25.2. The van der Waals surface area contributed by atoms with Gasteiger partial charge in [0, 0.05) is 26.2 Å². The number of carbonyl (C=O) groups is 1. The first-order valence-corrected chi connectivity index (χ1v) is 8.78. The van der Waals surface area contributed by atoms with Crippen molar-refractivity contribution in [3.8, 4) is 17.6 Å². The molecule has 2 aliphatic heterocycles. The maximum Gasteiger partial charge on any atom is 0.267 e. The van der Waals surface area contributed by atoms with Gasteiger partial charge in [-0.3, -0.25) is 4.79 Å². The van der Waals surface area contributed by atoms with Crippen molar-refractivity contribution < 1.29 is 18.7 Å². The lowest BCUT2D eigenvalue weighted by Crippen LogP contribution is -2.54. The number of piperazine rings is 1. The van der Waals surface area contributed by atoms with Crippen LogP contribution in [-0.4, -0.2) is 49.7 Å². The average Bonchev–Trinajstić information content (AvgIpc) is 2.73. The van der Waals surface area contributed by atoms with Gasteiger partial charge in [0.15, 0.2) is 11.5 Å². The van der Waals surface area contributed by atoms with Gasteiger partial charge in [0.2, 0.25) is 6.10 Å². The smallest absolute Gasteiger partial charge is 0.267 e. The zero-order chi connectivity index (χ0) is 18.8. The minimum atomic E-state index is -0.671. The lowest BCUT2D eigenvalue weighted by atomic mass is 10.1. The SMILES string of the molecule is N#Cc1c(F)cccc1N1CCN(C(=O)[C@@H]2COc3ccccc3O2)CC1. The summed E-state index contributed by atoms with van der Waals surface area (Å²) in [7, 11) is 0. The number of benzene rings is 2. The van der Waals surface area contributed by atoms with Gasteiger partial charge in [-0.05, 0) is 24.3 Å². The molecule has 0 unspecified atom stereocenters. The van der Waals surface area contributed by atoms with Crippen LogP contribution in [0.15, 0.2) is 42.5 Å². The molecule has 0 bridgehead atoms. The van der Waals surface area contributed by atoms with Crippen LogP contribution in [-0.2, 0) is 4.79 Å². The highest BCUT2D eigenvalue weighted by Crippen LogP contribution is 2.31. The van der Waals surface area contributed by atoms with Crippen LogP contribution in [0, 0.1) is 17.1 Å². The summed E-state index contributed by atoms with van der Waals surface area (Å²) in [5, 5.41) is 9.21. The number of nitriles is 1. The number of hydrogen-bond acceptors (Lipinski definition) is 5. The molecule has 0 aliphatic carbocycles. The fourth-order valence-electron chi connectivity index (χ4n) is 3.40. The molecule has 1 atom stereocenters. The Morgan fingerprint density at radius 1 is 1.07 bits per heavy atom. The number of para-hydroxylation sites is 2. The number of rotatable bonds is 2. The maximum atomic E-state index is 13.8. The summed E-state index contributed by atoms with van der Waals surface area (Å²) >= 11 is 0. The summed E-state index contributed by atoms with van der Waals surface area (Å²) in [5.74, 6) is 0.560. The molecule has 6 nitrogen and oxygen atoms in total. The van der Waals surface area contributed by atoms with Gasteiger partial charge in [0.25, 0.3) is 5.91 Å². The predicted molar refractivity (Wildman–Crippen MR) is 96.3 cm³/mol. The first-order chi connectivity index (χ1) is 13.2. The van der Waals surface area contributed by atoms with Crippen molar-refractivity contribution in [2.24, 2.45) is 0 Å². The molecule has 138 valence electrons. The van der Waals surface area contributed by atoms with Crippen molar-refractivity contribution in [1.82, 2.24) is 4.90 Å². The van der Waals surface area contributed by atoms with Crippen LogP contribution in [0.2, 0.25) is 0 Å². The number of carbonyl (C=O) groups excluding carboxylic acids is 1. The summed E-state index contributed by atoms with van der Waals surface area (Å²) in [6.07, 6.45) is -0.671. The Kier molecular flexibility index (Phi) is 4.55. The quantitative estimate of drug-likeness (QED) is 0.814. The normalized spacial score (nSPS) is 18.7. The molecule has 1 amide bonds. The molecule has 0 saturated carbocycles. The van der Waals surface area contributed by atoms with E-state index < -0.39 is 11.9 Å². The summed E-state index contributed by atoms with van der Waals surface area (Å²) in [5.41, 5.74) is 0.605. The van der Waals surface area contributed by atoms with E-state index in [1.807, 2.05) is 23.1 Å². The number of fused-ring (bicyclic) bond motifs is 1. The highest BCUT2D eigenvalue weighted by Gasteiger charge is 2.33. The third-order valence-corrected chi connectivity index (χ3v) is 4.82. The second-order valence-electron chi connectivity index (χ2n) is 6.42. The molecule has 1 saturated heterocycles. The number of amides is 1. The van der Waals surface area contributed by atoms with Gasteiger partial charge in [-0.1, -0.05) is 18.2 Å². The molecule has 2 aromatic carbocycles. The molecule has 0 spiro atoms. The zero-order valence-corrected chi connectivity index (χ0v) is 14.6. The van der Waals surface area contributed by atoms with Crippen LogP contribution in [0.3, 0.4) is 0 Å². The van der Waals surface area contributed by atoms with Crippen molar-refractivity contribution in [3.05, 3.63) is 53.8 Å². The van der Waals surface area contributed by atoms with Crippen molar-refractivity contribution in [3.63, 3.8) is 0 Å². The van der Waals surface area contributed by atoms with Crippen molar-refractivity contribution in [2.45, 2.75) is 6.10 Å². The minimum Gasteiger partial charge on any atom is -0.485 e. The Hall–Kier alpha value is -3.27. The van der Waals surface area contributed by atoms with E-state index in [9.17, 15) is 14.4 Å². The van der Waals surface area contributed by atoms with Crippen LogP contribution in [0.5, 0.6) is 11.5 Å². The molecule has 27 heavy (non-hydrogen) atoms. The second-order valence-corrected chi connectivity index (χ2v) is 6.42. The number of halogens is 1. The summed E-state index contributed by atoms with van der Waals surface area (Å²) in [6.45, 7) is 2.17. The van der Waals surface area contributed by atoms with Gasteiger partial charge in [0.05, 0.1) is 5.69 Å². The van der Waals surface area contributed by atoms with Crippen molar-refractivity contribution in [2.75, 3.05) is 37.7 Å². The first kappa shape index (κ1) is 17.2. The molecule has 2 heterocycles. The van der Waals surface area contributed by atoms with Gasteiger partial charge in [0.1, 0.15) is 24.1 Å². The average molecular weight is 367 g/mol. The standard InChI is InChI=1S/C20H18FN3O3/c21-15-4-3-5-16(14(15)12-22)23-8-10-24(11-9-23)20(25)19-13-26-17-6-1-2-7-18(17)27-19/h1-7,19H,8-11,13H2/t19-/m0/s1. The third-order valence-electron chi connectivity index (χ3n) is 4.82. The molecule has 4 rings (SSSR count). The maximum absolute atomic E-state index is 13.8. The lowest BCUT2D eigenvalue weighted by Gasteiger charge is -2.38. The highest BCUT2D eigenvalue weighted by atomic mass is 19.1. The monoisotopic (exact) mass is 367 g/mol. The Morgan fingerprint density at radius 2 is 1.81 bits per heavy atom. The van der Waals surface area contributed by atoms with Gasteiger partial charge in [-0.15, -0.1) is 0 Å². The molecule has 0 radical (unpaired) electrons. The Bertz CT molecular complexity index is 904. The van der Waals surface area contributed by atoms with Gasteiger partial charge >= 0.3 is 0 Å². The molecular weight excluding hydrogens is 349 g/mol. The van der Waals surface area contributed by atoms with Crippen LogP contribution in [0.25, 0.3) is 0 Å². The fraction of sp³-hybridized carbons (Fsp3) is 0.300. The molecule has 0 N–H and O–H groups in total. The lowest BCUT2D eigenvalue weighted by molar-refractivity contribution is -0.141. The molecule has 2 aliphatic rings. The Balaban J connectivity index is 1.41. The van der Waals surface area contributed by atoms with E-state index in [4.69, 9.17) is 9.47 Å². The zero-order valence-electron chi connectivity index (χ0n) is 14.6. The third kappa shape index (κ3) is 3.26. The largest absolute Gasteiger partial charge is 0.485 e. The molecule has 2 aromatic rings. The van der Waals surface area contributed by atoms with Crippen LogP contribution in [0.1, 0.15) is 5.56 Å². The van der Waals surface area contributed by atoms with Crippen molar-refractivity contribution >= 4 is 11.6 Å². The van der Waals surface area contributed by atoms with Crippen molar-refractivity contribution in [1.29, 1.82) is 5.26 Å². The van der Waals surface area contributed by atoms with Crippen LogP contribution in [0.4, 0.5) is 10.1 Å². The summed E-state index contributed by atoms with van der Waals surface area (Å²) in [6, 6.07) is 13.8. The highest BCUT2D eigenvalue weighted by molar-refractivity contribution is 5.82. The number of ether oxygens (including phenoxy) is 2. The fourth-order valence-corrected chi connectivity index (χ4v) is 3.40. The Labute approximate surface area is 156 Å². The summed E-state index contributed by atoms with van der Waals surface area (Å²) in [4.78, 5) is 16.4. The minimum absolute atomic E-state index is 0.0397. The van der Waals surface area contributed by atoms with Gasteiger partial charge in [-0.2, -0.15) is 5.26 Å². The Morgan fingerprint density at radius 3 is 2.56 bits per heavy atom.